The van der Waals surface area contributed by atoms with Crippen molar-refractivity contribution in [2.75, 3.05) is 11.4 Å². The maximum Gasteiger partial charge on any atom is 0.323 e. The van der Waals surface area contributed by atoms with E-state index in [9.17, 15) is 19.8 Å². The third-order valence-electron chi connectivity index (χ3n) is 6.95. The Kier molecular flexibility index (Phi) is 13.9. The van der Waals surface area contributed by atoms with E-state index in [0.29, 0.717) is 5.56 Å². The van der Waals surface area contributed by atoms with E-state index in [4.69, 9.17) is 69.6 Å². The Labute approximate surface area is 342 Å². The van der Waals surface area contributed by atoms with E-state index in [-0.39, 0.29) is 30.6 Å². The van der Waals surface area contributed by atoms with Crippen LogP contribution in [0.4, 0.5) is 5.69 Å². The molecule has 0 spiro atoms. The van der Waals surface area contributed by atoms with Crippen LogP contribution in [0, 0.1) is 0 Å². The number of halogens is 6. The number of para-hydroxylation sites is 2. The van der Waals surface area contributed by atoms with Gasteiger partial charge in [0.05, 0.1) is 10.7 Å². The van der Waals surface area contributed by atoms with Crippen LogP contribution in [0.25, 0.3) is 27.7 Å². The third-order valence-corrected chi connectivity index (χ3v) is 10.2. The lowest BCUT2D eigenvalue weighted by Gasteiger charge is -2.17. The first-order chi connectivity index (χ1) is 25.2. The fraction of sp³-hybridized carbons (Fsp3) is 0.111. The zero-order chi connectivity index (χ0) is 38.2. The molecule has 2 aromatic heterocycles. The molecule has 0 atom stereocenters. The van der Waals surface area contributed by atoms with Crippen molar-refractivity contribution in [1.82, 2.24) is 15.0 Å². The summed E-state index contributed by atoms with van der Waals surface area (Å²) in [5.41, 5.74) is 2.44. The monoisotopic (exact) mass is 865 g/mol. The van der Waals surface area contributed by atoms with Crippen LogP contribution >= 0.6 is 92.7 Å². The number of aromatic nitrogens is 4. The fourth-order valence-electron chi connectivity index (χ4n) is 4.76. The summed E-state index contributed by atoms with van der Waals surface area (Å²) in [6.45, 7) is -0.295. The first kappa shape index (κ1) is 40.5. The Hall–Kier alpha value is -3.65. The molecule has 0 radical (unpaired) electrons. The predicted molar refractivity (Wildman–Crippen MR) is 213 cm³/mol. The number of carbonyl (C=O) groups excluding carboxylic acids is 1. The van der Waals surface area contributed by atoms with Crippen molar-refractivity contribution in [3.63, 3.8) is 0 Å². The molecule has 1 N–H and O–H groups in total. The molecule has 0 aliphatic carbocycles. The number of carboxylic acid groups (broad SMARTS) is 2. The van der Waals surface area contributed by atoms with Crippen molar-refractivity contribution in [3.05, 3.63) is 137 Å². The largest absolute Gasteiger partial charge is 0.544 e. The number of hydrogen-bond donors (Lipinski definition) is 1. The molecule has 1 aliphatic rings. The average Bonchev–Trinajstić information content (AvgIpc) is 3.64. The van der Waals surface area contributed by atoms with Gasteiger partial charge in [0.25, 0.3) is 5.01 Å². The molecule has 53 heavy (non-hydrogen) atoms. The summed E-state index contributed by atoms with van der Waals surface area (Å²) in [4.78, 5) is 37.3. The number of rotatable bonds is 9. The average molecular weight is 868 g/mol. The van der Waals surface area contributed by atoms with Crippen LogP contribution in [-0.4, -0.2) is 38.5 Å². The number of carboxylic acids is 2. The molecule has 272 valence electrons. The standard InChI is InChI=1S/C25H20N2O4S2.C11H5Cl6N3/c28-24(29)16-26-18-10-6-8-12-20(18)32-22(26)14-4-2-1-3-5-15-23-27(17-25(30)31)19-11-7-9-13-21(19)33-23;12-10(13,14)8-18-7(6-4-2-1-3-5-6)19-9(20-8)11(15,16)17/h1-15H,16-17H2,(H-,28,29,30,31);1-5H. The summed E-state index contributed by atoms with van der Waals surface area (Å²) in [7, 11) is 0. The van der Waals surface area contributed by atoms with Gasteiger partial charge in [-0.1, -0.05) is 178 Å². The second-order valence-electron chi connectivity index (χ2n) is 10.7. The minimum atomic E-state index is -1.85. The second kappa shape index (κ2) is 18.1. The number of allylic oxidation sites excluding steroid dienone is 6. The van der Waals surface area contributed by atoms with E-state index in [2.05, 4.69) is 15.0 Å². The SMILES string of the molecule is ClC(Cl)(Cl)c1nc(-c2ccccc2)nc(C(Cl)(Cl)Cl)n1.O=C([O-])C[n+]1c(/C=C/C=C/C=C/C=C2\Sc3ccccc3N2CC(=O)O)sc2ccccc21. The summed E-state index contributed by atoms with van der Waals surface area (Å²) < 4.78 is -0.963. The van der Waals surface area contributed by atoms with Crippen LogP contribution in [0.2, 0.25) is 0 Å². The van der Waals surface area contributed by atoms with Gasteiger partial charge in [0.2, 0.25) is 13.1 Å². The lowest BCUT2D eigenvalue weighted by Crippen LogP contribution is -2.44. The lowest BCUT2D eigenvalue weighted by molar-refractivity contribution is -0.663. The highest BCUT2D eigenvalue weighted by Gasteiger charge is 2.34. The molecule has 0 unspecified atom stereocenters. The minimum Gasteiger partial charge on any atom is -0.544 e. The van der Waals surface area contributed by atoms with Gasteiger partial charge in [0.1, 0.15) is 17.2 Å². The number of alkyl halides is 6. The van der Waals surface area contributed by atoms with Crippen LogP contribution in [0.5, 0.6) is 0 Å². The van der Waals surface area contributed by atoms with Crippen LogP contribution in [0.1, 0.15) is 16.7 Å². The molecule has 5 aromatic rings. The van der Waals surface area contributed by atoms with E-state index in [1.165, 1.54) is 11.3 Å². The van der Waals surface area contributed by atoms with Gasteiger partial charge in [0, 0.05) is 22.6 Å². The van der Waals surface area contributed by atoms with Crippen molar-refractivity contribution in [2.24, 2.45) is 0 Å². The summed E-state index contributed by atoms with van der Waals surface area (Å²) in [6, 6.07) is 24.4. The van der Waals surface area contributed by atoms with Crippen LogP contribution in [0.3, 0.4) is 0 Å². The van der Waals surface area contributed by atoms with E-state index < -0.39 is 19.5 Å². The van der Waals surface area contributed by atoms with E-state index in [1.54, 1.807) is 33.4 Å². The molecule has 0 saturated heterocycles. The second-order valence-corrected chi connectivity index (χ2v) is 17.4. The number of fused-ring (bicyclic) bond motifs is 2. The lowest BCUT2D eigenvalue weighted by atomic mass is 10.2. The van der Waals surface area contributed by atoms with Gasteiger partial charge in [-0.3, -0.25) is 4.79 Å². The molecular weight excluding hydrogens is 843 g/mol. The Morgan fingerprint density at radius 3 is 2.06 bits per heavy atom. The van der Waals surface area contributed by atoms with Crippen molar-refractivity contribution < 1.29 is 24.4 Å². The highest BCUT2D eigenvalue weighted by atomic mass is 35.6. The van der Waals surface area contributed by atoms with Gasteiger partial charge in [-0.25, -0.2) is 15.0 Å². The molecule has 3 heterocycles. The number of anilines is 1. The highest BCUT2D eigenvalue weighted by molar-refractivity contribution is 8.03. The Morgan fingerprint density at radius 1 is 0.792 bits per heavy atom. The van der Waals surface area contributed by atoms with Gasteiger partial charge in [-0.05, 0) is 24.3 Å². The van der Waals surface area contributed by atoms with E-state index in [0.717, 1.165) is 30.8 Å². The normalized spacial score (nSPS) is 14.0. The van der Waals surface area contributed by atoms with Crippen LogP contribution in [0.15, 0.2) is 125 Å². The van der Waals surface area contributed by atoms with Gasteiger partial charge in [-0.2, -0.15) is 4.57 Å². The molecule has 9 nitrogen and oxygen atoms in total. The molecule has 17 heteroatoms. The van der Waals surface area contributed by atoms with E-state index in [1.807, 2.05) is 109 Å². The molecule has 0 saturated carbocycles. The van der Waals surface area contributed by atoms with Crippen molar-refractivity contribution in [3.8, 4) is 11.4 Å². The van der Waals surface area contributed by atoms with Crippen LogP contribution in [-0.2, 0) is 23.7 Å². The first-order valence-electron chi connectivity index (χ1n) is 15.3. The molecule has 6 rings (SSSR count). The molecule has 0 fully saturated rings. The topological polar surface area (TPSA) is 123 Å². The van der Waals surface area contributed by atoms with Crippen LogP contribution < -0.4 is 14.6 Å². The van der Waals surface area contributed by atoms with Gasteiger partial charge in [0.15, 0.2) is 24.0 Å². The molecular formula is C36H25Cl6N5O4S2. The number of hydrogen-bond acceptors (Lipinski definition) is 9. The van der Waals surface area contributed by atoms with Gasteiger partial charge in [-0.15, -0.1) is 0 Å². The number of aliphatic carboxylic acids is 2. The van der Waals surface area contributed by atoms with Crippen molar-refractivity contribution in [1.29, 1.82) is 0 Å². The maximum absolute atomic E-state index is 11.3. The smallest absolute Gasteiger partial charge is 0.323 e. The number of nitrogens with zero attached hydrogens (tertiary/aromatic N) is 5. The molecule has 3 aromatic carbocycles. The number of benzene rings is 3. The maximum atomic E-state index is 11.3. The zero-order valence-corrected chi connectivity index (χ0v) is 33.1. The Bertz CT molecular complexity index is 2200. The first-order valence-corrected chi connectivity index (χ1v) is 19.2. The fourth-order valence-corrected chi connectivity index (χ4v) is 7.41. The third kappa shape index (κ3) is 11.2. The molecule has 0 amide bonds. The number of thiazole rings is 1. The summed E-state index contributed by atoms with van der Waals surface area (Å²) >= 11 is 37.8. The van der Waals surface area contributed by atoms with E-state index >= 15 is 0 Å². The molecule has 0 bridgehead atoms. The van der Waals surface area contributed by atoms with Crippen molar-refractivity contribution in [2.45, 2.75) is 19.0 Å². The van der Waals surface area contributed by atoms with Crippen molar-refractivity contribution >= 4 is 127 Å². The number of thioether (sulfide) groups is 1. The Balaban J connectivity index is 0.000000231. The van der Waals surface area contributed by atoms with Gasteiger partial charge >= 0.3 is 5.97 Å². The zero-order valence-electron chi connectivity index (χ0n) is 27.0. The molecule has 1 aliphatic heterocycles. The summed E-state index contributed by atoms with van der Waals surface area (Å²) in [5, 5.41) is 22.1. The minimum absolute atomic E-state index is 0.0940. The predicted octanol–water partition coefficient (Wildman–Crippen LogP) is 8.79. The quantitative estimate of drug-likeness (QED) is 0.0880. The summed E-state index contributed by atoms with van der Waals surface area (Å²) in [6.07, 6.45) is 13.1. The number of carbonyl (C=O) groups is 2. The summed E-state index contributed by atoms with van der Waals surface area (Å²) in [5.74, 6) is -1.99. The highest BCUT2D eigenvalue weighted by Crippen LogP contribution is 2.45. The van der Waals surface area contributed by atoms with Gasteiger partial charge < -0.3 is 19.9 Å². The Morgan fingerprint density at radius 2 is 1.40 bits per heavy atom.